The Bertz CT molecular complexity index is 807. The summed E-state index contributed by atoms with van der Waals surface area (Å²) in [5.74, 6) is 1.74. The summed E-state index contributed by atoms with van der Waals surface area (Å²) in [7, 11) is 0. The Morgan fingerprint density at radius 3 is 2.71 bits per heavy atom. The molecule has 2 aromatic carbocycles. The molecule has 1 heterocycles. The van der Waals surface area contributed by atoms with Crippen molar-refractivity contribution in [2.24, 2.45) is 0 Å². The van der Waals surface area contributed by atoms with E-state index in [1.165, 1.54) is 0 Å². The minimum atomic E-state index is 0.369. The van der Waals surface area contributed by atoms with Crippen molar-refractivity contribution in [3.63, 3.8) is 0 Å². The molecule has 0 aliphatic heterocycles. The van der Waals surface area contributed by atoms with Crippen LogP contribution in [0.15, 0.2) is 53.1 Å². The average Bonchev–Trinajstić information content (AvgIpc) is 2.52. The maximum absolute atomic E-state index is 6.19. The van der Waals surface area contributed by atoms with Crippen LogP contribution in [0, 0.1) is 0 Å². The topological polar surface area (TPSA) is 22.1 Å². The molecule has 0 radical (unpaired) electrons. The largest absolute Gasteiger partial charge is 0.455 e. The van der Waals surface area contributed by atoms with Crippen LogP contribution in [0.5, 0.6) is 11.5 Å². The molecule has 0 unspecified atom stereocenters. The molecule has 0 spiro atoms. The molecule has 3 rings (SSSR count). The zero-order valence-electron chi connectivity index (χ0n) is 10.8. The summed E-state index contributed by atoms with van der Waals surface area (Å²) >= 11 is 15.6. The Labute approximate surface area is 140 Å². The van der Waals surface area contributed by atoms with Gasteiger partial charge in [-0.1, -0.05) is 27.5 Å². The molecule has 2 nitrogen and oxygen atoms in total. The molecule has 0 saturated carbocycles. The Balaban J connectivity index is 2.09. The molecule has 0 atom stereocenters. The molecule has 3 aromatic rings. The van der Waals surface area contributed by atoms with Crippen LogP contribution in [0.25, 0.3) is 10.9 Å². The SMILES string of the molecule is ClCc1cc(Br)ccc1Oc1ccc(Cl)c2cccnc12. The lowest BCUT2D eigenvalue weighted by molar-refractivity contribution is 0.482. The quantitative estimate of drug-likeness (QED) is 0.504. The van der Waals surface area contributed by atoms with Gasteiger partial charge in [-0.05, 0) is 42.5 Å². The minimum Gasteiger partial charge on any atom is -0.455 e. The first kappa shape index (κ1) is 14.6. The standard InChI is InChI=1S/C16H10BrCl2NO/c17-11-3-5-14(10(8-11)9-18)21-15-6-4-13(19)12-2-1-7-20-16(12)15/h1-8H,9H2. The highest BCUT2D eigenvalue weighted by Crippen LogP contribution is 2.35. The molecule has 0 saturated heterocycles. The fourth-order valence-electron chi connectivity index (χ4n) is 2.06. The van der Waals surface area contributed by atoms with Gasteiger partial charge >= 0.3 is 0 Å². The first-order valence-electron chi connectivity index (χ1n) is 6.24. The van der Waals surface area contributed by atoms with E-state index in [1.54, 1.807) is 12.3 Å². The van der Waals surface area contributed by atoms with E-state index in [4.69, 9.17) is 27.9 Å². The van der Waals surface area contributed by atoms with Crippen molar-refractivity contribution in [1.82, 2.24) is 4.98 Å². The predicted octanol–water partition coefficient (Wildman–Crippen LogP) is 6.18. The van der Waals surface area contributed by atoms with Crippen molar-refractivity contribution in [3.05, 3.63) is 63.7 Å². The van der Waals surface area contributed by atoms with Gasteiger partial charge in [-0.2, -0.15) is 0 Å². The number of hydrogen-bond acceptors (Lipinski definition) is 2. The summed E-state index contributed by atoms with van der Waals surface area (Å²) in [6.07, 6.45) is 1.72. The van der Waals surface area contributed by atoms with E-state index < -0.39 is 0 Å². The fraction of sp³-hybridized carbons (Fsp3) is 0.0625. The van der Waals surface area contributed by atoms with Crippen LogP contribution in [0.4, 0.5) is 0 Å². The molecule has 0 bridgehead atoms. The number of rotatable bonds is 3. The van der Waals surface area contributed by atoms with Crippen LogP contribution < -0.4 is 4.74 Å². The van der Waals surface area contributed by atoms with Crippen LogP contribution >= 0.6 is 39.1 Å². The van der Waals surface area contributed by atoms with Crippen molar-refractivity contribution < 1.29 is 4.74 Å². The lowest BCUT2D eigenvalue weighted by Crippen LogP contribution is -1.92. The van der Waals surface area contributed by atoms with Crippen molar-refractivity contribution >= 4 is 50.0 Å². The van der Waals surface area contributed by atoms with Gasteiger partial charge in [0.1, 0.15) is 11.3 Å². The van der Waals surface area contributed by atoms with Crippen LogP contribution in [-0.2, 0) is 5.88 Å². The van der Waals surface area contributed by atoms with Gasteiger partial charge in [0, 0.05) is 21.6 Å². The van der Waals surface area contributed by atoms with Gasteiger partial charge in [-0.25, -0.2) is 0 Å². The molecule has 0 fully saturated rings. The lowest BCUT2D eigenvalue weighted by Gasteiger charge is -2.12. The van der Waals surface area contributed by atoms with Crippen molar-refractivity contribution in [1.29, 1.82) is 0 Å². The van der Waals surface area contributed by atoms with Crippen LogP contribution in [-0.4, -0.2) is 4.98 Å². The van der Waals surface area contributed by atoms with Gasteiger partial charge in [-0.15, -0.1) is 11.6 Å². The lowest BCUT2D eigenvalue weighted by atomic mass is 10.2. The summed E-state index contributed by atoms with van der Waals surface area (Å²) in [6, 6.07) is 13.1. The number of benzene rings is 2. The third-order valence-corrected chi connectivity index (χ3v) is 4.18. The van der Waals surface area contributed by atoms with Gasteiger partial charge in [0.15, 0.2) is 5.75 Å². The van der Waals surface area contributed by atoms with E-state index in [0.717, 1.165) is 20.9 Å². The van der Waals surface area contributed by atoms with Crippen molar-refractivity contribution in [2.75, 3.05) is 0 Å². The third-order valence-electron chi connectivity index (χ3n) is 3.07. The second-order valence-electron chi connectivity index (χ2n) is 4.43. The molecule has 0 N–H and O–H groups in total. The molecule has 1 aromatic heterocycles. The number of aromatic nitrogens is 1. The molecule has 5 heteroatoms. The molecule has 0 aliphatic carbocycles. The summed E-state index contributed by atoms with van der Waals surface area (Å²) in [6.45, 7) is 0. The van der Waals surface area contributed by atoms with Gasteiger partial charge in [0.2, 0.25) is 0 Å². The van der Waals surface area contributed by atoms with Gasteiger partial charge in [0.05, 0.1) is 10.9 Å². The fourth-order valence-corrected chi connectivity index (χ4v) is 2.90. The number of halogens is 3. The number of nitrogens with zero attached hydrogens (tertiary/aromatic N) is 1. The summed E-state index contributed by atoms with van der Waals surface area (Å²) < 4.78 is 6.96. The maximum Gasteiger partial charge on any atom is 0.153 e. The first-order chi connectivity index (χ1) is 10.2. The normalized spacial score (nSPS) is 10.8. The molecule has 0 amide bonds. The second kappa shape index (κ2) is 6.22. The van der Waals surface area contributed by atoms with Crippen LogP contribution in [0.3, 0.4) is 0 Å². The van der Waals surface area contributed by atoms with Gasteiger partial charge in [0.25, 0.3) is 0 Å². The monoisotopic (exact) mass is 381 g/mol. The van der Waals surface area contributed by atoms with Gasteiger partial charge in [-0.3, -0.25) is 4.98 Å². The highest BCUT2D eigenvalue weighted by atomic mass is 79.9. The number of alkyl halides is 1. The molecule has 21 heavy (non-hydrogen) atoms. The Kier molecular flexibility index (Phi) is 4.34. The van der Waals surface area contributed by atoms with Crippen molar-refractivity contribution in [2.45, 2.75) is 5.88 Å². The molecular weight excluding hydrogens is 373 g/mol. The first-order valence-corrected chi connectivity index (χ1v) is 7.95. The predicted molar refractivity (Wildman–Crippen MR) is 90.5 cm³/mol. The van der Waals surface area contributed by atoms with E-state index in [9.17, 15) is 0 Å². The van der Waals surface area contributed by atoms with E-state index in [2.05, 4.69) is 20.9 Å². The molecule has 106 valence electrons. The smallest absolute Gasteiger partial charge is 0.153 e. The zero-order chi connectivity index (χ0) is 14.8. The average molecular weight is 383 g/mol. The highest BCUT2D eigenvalue weighted by Gasteiger charge is 2.10. The molecular formula is C16H10BrCl2NO. The third kappa shape index (κ3) is 3.00. The Morgan fingerprint density at radius 2 is 1.90 bits per heavy atom. The Hall–Kier alpha value is -1.29. The number of ether oxygens (including phenoxy) is 1. The van der Waals surface area contributed by atoms with E-state index in [-0.39, 0.29) is 0 Å². The number of fused-ring (bicyclic) bond motifs is 1. The van der Waals surface area contributed by atoms with Gasteiger partial charge < -0.3 is 4.74 Å². The zero-order valence-corrected chi connectivity index (χ0v) is 13.9. The van der Waals surface area contributed by atoms with Crippen molar-refractivity contribution in [3.8, 4) is 11.5 Å². The minimum absolute atomic E-state index is 0.369. The molecule has 0 aliphatic rings. The number of pyridine rings is 1. The maximum atomic E-state index is 6.19. The van der Waals surface area contributed by atoms with E-state index in [1.807, 2.05) is 36.4 Å². The summed E-state index contributed by atoms with van der Waals surface area (Å²) in [5, 5.41) is 1.51. The van der Waals surface area contributed by atoms with E-state index >= 15 is 0 Å². The second-order valence-corrected chi connectivity index (χ2v) is 6.02. The van der Waals surface area contributed by atoms with Crippen LogP contribution in [0.2, 0.25) is 5.02 Å². The van der Waals surface area contributed by atoms with E-state index in [0.29, 0.717) is 22.4 Å². The van der Waals surface area contributed by atoms with Crippen LogP contribution in [0.1, 0.15) is 5.56 Å². The Morgan fingerprint density at radius 1 is 1.10 bits per heavy atom. The summed E-state index contributed by atoms with van der Waals surface area (Å²) in [4.78, 5) is 4.36. The highest BCUT2D eigenvalue weighted by molar-refractivity contribution is 9.10. The number of hydrogen-bond donors (Lipinski definition) is 0. The summed E-state index contributed by atoms with van der Waals surface area (Å²) in [5.41, 5.74) is 1.64.